The lowest BCUT2D eigenvalue weighted by atomic mass is 10.3. The van der Waals surface area contributed by atoms with E-state index >= 15 is 0 Å². The van der Waals surface area contributed by atoms with Crippen molar-refractivity contribution in [3.8, 4) is 0 Å². The van der Waals surface area contributed by atoms with Gasteiger partial charge in [-0.05, 0) is 13.3 Å². The molecule has 0 atom stereocenters. The molecule has 0 saturated carbocycles. The predicted molar refractivity (Wildman–Crippen MR) is 56.7 cm³/mol. The minimum Gasteiger partial charge on any atom is -0.407 e. The predicted octanol–water partition coefficient (Wildman–Crippen LogP) is 2.43. The van der Waals surface area contributed by atoms with Gasteiger partial charge in [0.15, 0.2) is 0 Å². The molecular formula is C9H16ClN3O. The second-order valence-electron chi connectivity index (χ2n) is 3.05. The quantitative estimate of drug-likeness (QED) is 0.687. The largest absolute Gasteiger partial charge is 0.407 e. The van der Waals surface area contributed by atoms with Gasteiger partial charge in [-0.3, -0.25) is 0 Å². The van der Waals surface area contributed by atoms with E-state index in [9.17, 15) is 0 Å². The summed E-state index contributed by atoms with van der Waals surface area (Å²) >= 11 is 5.58. The molecule has 1 aromatic heterocycles. The molecule has 0 amide bonds. The Bertz CT molecular complexity index is 264. The fraction of sp³-hybridized carbons (Fsp3) is 0.778. The molecule has 0 N–H and O–H groups in total. The van der Waals surface area contributed by atoms with Gasteiger partial charge >= 0.3 is 6.01 Å². The third kappa shape index (κ3) is 2.87. The van der Waals surface area contributed by atoms with Crippen LogP contribution in [-0.4, -0.2) is 23.3 Å². The van der Waals surface area contributed by atoms with Crippen molar-refractivity contribution in [1.82, 2.24) is 10.2 Å². The number of halogens is 1. The van der Waals surface area contributed by atoms with Crippen LogP contribution in [0, 0.1) is 0 Å². The second-order valence-corrected chi connectivity index (χ2v) is 3.31. The Balaban J connectivity index is 2.58. The Morgan fingerprint density at radius 1 is 1.36 bits per heavy atom. The van der Waals surface area contributed by atoms with Crippen LogP contribution in [0.2, 0.25) is 0 Å². The highest BCUT2D eigenvalue weighted by molar-refractivity contribution is 6.16. The Hall–Kier alpha value is -0.770. The third-order valence-electron chi connectivity index (χ3n) is 2.00. The average molecular weight is 218 g/mol. The van der Waals surface area contributed by atoms with Crippen molar-refractivity contribution in [2.24, 2.45) is 0 Å². The fourth-order valence-electron chi connectivity index (χ4n) is 1.16. The summed E-state index contributed by atoms with van der Waals surface area (Å²) in [6, 6.07) is 0.580. The molecule has 0 spiro atoms. The summed E-state index contributed by atoms with van der Waals surface area (Å²) in [4.78, 5) is 2.06. The highest BCUT2D eigenvalue weighted by Gasteiger charge is 2.11. The Kier molecular flexibility index (Phi) is 4.73. The summed E-state index contributed by atoms with van der Waals surface area (Å²) in [5.74, 6) is 0.759. The molecule has 0 fully saturated rings. The molecule has 0 aromatic carbocycles. The SMILES string of the molecule is CCCCN(CC)c1nnc(CCl)o1. The van der Waals surface area contributed by atoms with E-state index in [0.717, 1.165) is 25.9 Å². The number of unbranched alkanes of at least 4 members (excludes halogenated alkanes) is 1. The van der Waals surface area contributed by atoms with Crippen molar-refractivity contribution in [2.45, 2.75) is 32.6 Å². The summed E-state index contributed by atoms with van der Waals surface area (Å²) in [5, 5.41) is 7.76. The number of anilines is 1. The standard InChI is InChI=1S/C9H16ClN3O/c1-3-5-6-13(4-2)9-12-11-8(7-10)14-9/h3-7H2,1-2H3. The number of hydrogen-bond donors (Lipinski definition) is 0. The molecule has 0 radical (unpaired) electrons. The third-order valence-corrected chi connectivity index (χ3v) is 2.23. The van der Waals surface area contributed by atoms with Crippen LogP contribution in [0.15, 0.2) is 4.42 Å². The van der Waals surface area contributed by atoms with Crippen LogP contribution in [0.25, 0.3) is 0 Å². The first kappa shape index (κ1) is 11.3. The first-order valence-electron chi connectivity index (χ1n) is 4.95. The minimum atomic E-state index is 0.276. The van der Waals surface area contributed by atoms with Crippen molar-refractivity contribution in [1.29, 1.82) is 0 Å². The monoisotopic (exact) mass is 217 g/mol. The van der Waals surface area contributed by atoms with E-state index in [1.807, 2.05) is 0 Å². The normalized spacial score (nSPS) is 10.5. The molecule has 0 saturated heterocycles. The molecule has 4 nitrogen and oxygen atoms in total. The lowest BCUT2D eigenvalue weighted by Gasteiger charge is -2.16. The van der Waals surface area contributed by atoms with Crippen LogP contribution in [0.4, 0.5) is 6.01 Å². The summed E-state index contributed by atoms with van der Waals surface area (Å²) in [5.41, 5.74) is 0. The molecule has 0 aliphatic rings. The van der Waals surface area contributed by atoms with Gasteiger partial charge in [-0.15, -0.1) is 16.7 Å². The van der Waals surface area contributed by atoms with E-state index in [1.54, 1.807) is 0 Å². The van der Waals surface area contributed by atoms with Gasteiger partial charge in [0.2, 0.25) is 5.89 Å². The van der Waals surface area contributed by atoms with Gasteiger partial charge < -0.3 is 9.32 Å². The van der Waals surface area contributed by atoms with Crippen molar-refractivity contribution >= 4 is 17.6 Å². The van der Waals surface area contributed by atoms with E-state index in [2.05, 4.69) is 28.9 Å². The molecule has 0 aliphatic carbocycles. The van der Waals surface area contributed by atoms with Gasteiger partial charge in [0.25, 0.3) is 0 Å². The average Bonchev–Trinajstić information content (AvgIpc) is 2.68. The Morgan fingerprint density at radius 2 is 2.14 bits per heavy atom. The van der Waals surface area contributed by atoms with Gasteiger partial charge in [0.1, 0.15) is 5.88 Å². The topological polar surface area (TPSA) is 42.2 Å². The lowest BCUT2D eigenvalue weighted by Crippen LogP contribution is -2.24. The number of rotatable bonds is 6. The van der Waals surface area contributed by atoms with Gasteiger partial charge in [0.05, 0.1) is 0 Å². The van der Waals surface area contributed by atoms with Gasteiger partial charge in [-0.1, -0.05) is 18.4 Å². The number of nitrogens with zero attached hydrogens (tertiary/aromatic N) is 3. The molecule has 80 valence electrons. The van der Waals surface area contributed by atoms with Crippen molar-refractivity contribution in [3.63, 3.8) is 0 Å². The number of alkyl halides is 1. The minimum absolute atomic E-state index is 0.276. The van der Waals surface area contributed by atoms with Gasteiger partial charge in [0, 0.05) is 13.1 Å². The van der Waals surface area contributed by atoms with Gasteiger partial charge in [-0.2, -0.15) is 0 Å². The molecule has 1 aromatic rings. The van der Waals surface area contributed by atoms with Crippen molar-refractivity contribution in [3.05, 3.63) is 5.89 Å². The zero-order chi connectivity index (χ0) is 10.4. The van der Waals surface area contributed by atoms with E-state index in [1.165, 1.54) is 0 Å². The smallest absolute Gasteiger partial charge is 0.318 e. The van der Waals surface area contributed by atoms with Crippen LogP contribution >= 0.6 is 11.6 Å². The lowest BCUT2D eigenvalue weighted by molar-refractivity contribution is 0.498. The Labute approximate surface area is 89.3 Å². The van der Waals surface area contributed by atoms with E-state index in [4.69, 9.17) is 16.0 Å². The van der Waals surface area contributed by atoms with Crippen LogP contribution in [-0.2, 0) is 5.88 Å². The van der Waals surface area contributed by atoms with Crippen LogP contribution in [0.5, 0.6) is 0 Å². The van der Waals surface area contributed by atoms with Crippen LogP contribution < -0.4 is 4.90 Å². The highest BCUT2D eigenvalue weighted by atomic mass is 35.5. The molecule has 0 unspecified atom stereocenters. The molecule has 0 aliphatic heterocycles. The summed E-state index contributed by atoms with van der Waals surface area (Å²) < 4.78 is 5.35. The van der Waals surface area contributed by atoms with E-state index in [0.29, 0.717) is 11.9 Å². The number of hydrogen-bond acceptors (Lipinski definition) is 4. The fourth-order valence-corrected chi connectivity index (χ4v) is 1.27. The van der Waals surface area contributed by atoms with Gasteiger partial charge in [-0.25, -0.2) is 0 Å². The summed E-state index contributed by atoms with van der Waals surface area (Å²) in [6.45, 7) is 6.06. The summed E-state index contributed by atoms with van der Waals surface area (Å²) in [7, 11) is 0. The molecular weight excluding hydrogens is 202 g/mol. The maximum Gasteiger partial charge on any atom is 0.318 e. The molecule has 5 heteroatoms. The molecule has 1 rings (SSSR count). The van der Waals surface area contributed by atoms with Crippen molar-refractivity contribution < 1.29 is 4.42 Å². The second kappa shape index (κ2) is 5.86. The zero-order valence-electron chi connectivity index (χ0n) is 8.66. The number of aromatic nitrogens is 2. The van der Waals surface area contributed by atoms with Crippen LogP contribution in [0.3, 0.4) is 0 Å². The molecule has 0 bridgehead atoms. The molecule has 14 heavy (non-hydrogen) atoms. The first-order chi connectivity index (χ1) is 6.81. The maximum absolute atomic E-state index is 5.58. The van der Waals surface area contributed by atoms with Crippen LogP contribution in [0.1, 0.15) is 32.6 Å². The van der Waals surface area contributed by atoms with E-state index in [-0.39, 0.29) is 5.88 Å². The Morgan fingerprint density at radius 3 is 2.64 bits per heavy atom. The van der Waals surface area contributed by atoms with Crippen molar-refractivity contribution in [2.75, 3.05) is 18.0 Å². The first-order valence-corrected chi connectivity index (χ1v) is 5.48. The van der Waals surface area contributed by atoms with E-state index < -0.39 is 0 Å². The summed E-state index contributed by atoms with van der Waals surface area (Å²) in [6.07, 6.45) is 2.29. The zero-order valence-corrected chi connectivity index (χ0v) is 9.42. The maximum atomic E-state index is 5.58. The highest BCUT2D eigenvalue weighted by Crippen LogP contribution is 2.13. The molecule has 1 heterocycles.